The summed E-state index contributed by atoms with van der Waals surface area (Å²) in [6.45, 7) is 7.51. The van der Waals surface area contributed by atoms with Crippen molar-refractivity contribution >= 4 is 39.8 Å². The van der Waals surface area contributed by atoms with Crippen LogP contribution >= 0.6 is 11.6 Å². The second-order valence-electron chi connectivity index (χ2n) is 4.76. The van der Waals surface area contributed by atoms with E-state index in [9.17, 15) is 0 Å². The van der Waals surface area contributed by atoms with Gasteiger partial charge in [-0.05, 0) is 18.6 Å². The van der Waals surface area contributed by atoms with Gasteiger partial charge in [-0.1, -0.05) is 55.8 Å². The van der Waals surface area contributed by atoms with Crippen LogP contribution in [0.2, 0.25) is 5.15 Å². The maximum atomic E-state index is 9.05. The molecule has 1 N–H and O–H groups in total. The van der Waals surface area contributed by atoms with Crippen LogP contribution in [0.15, 0.2) is 47.0 Å². The molecule has 0 saturated heterocycles. The summed E-state index contributed by atoms with van der Waals surface area (Å²) in [6, 6.07) is 12.2. The molecule has 0 aliphatic rings. The van der Waals surface area contributed by atoms with Gasteiger partial charge in [0.1, 0.15) is 0 Å². The van der Waals surface area contributed by atoms with Crippen molar-refractivity contribution in [3.05, 3.63) is 53.3 Å². The van der Waals surface area contributed by atoms with Gasteiger partial charge in [-0.15, -0.1) is 0 Å². The number of fused-ring (bicyclic) bond motifs is 1. The molecule has 1 aromatic carbocycles. The normalized spacial score (nSPS) is 9.42. The molecule has 8 heteroatoms. The van der Waals surface area contributed by atoms with Crippen LogP contribution in [0.5, 0.6) is 0 Å². The van der Waals surface area contributed by atoms with Crippen molar-refractivity contribution < 1.29 is 4.21 Å². The van der Waals surface area contributed by atoms with E-state index in [0.717, 1.165) is 29.8 Å². The summed E-state index contributed by atoms with van der Waals surface area (Å²) >= 11 is 6.46. The Hall–Kier alpha value is -2.25. The minimum Gasteiger partial charge on any atom is -0.380 e. The molecule has 0 aliphatic carbocycles. The molecule has 0 atom stereocenters. The molecule has 0 bridgehead atoms. The summed E-state index contributed by atoms with van der Waals surface area (Å²) in [6.07, 6.45) is 1.78. The monoisotopic (exact) mass is 393 g/mol. The van der Waals surface area contributed by atoms with Crippen LogP contribution in [0.25, 0.3) is 11.0 Å². The molecule has 0 unspecified atom stereocenters. The SMILES string of the molecule is CC.CCn1nc(Cl)c2c(NCc3ccccc3)ccnc21.CN=S=O. The van der Waals surface area contributed by atoms with Crippen molar-refractivity contribution in [3.63, 3.8) is 0 Å². The highest BCUT2D eigenvalue weighted by atomic mass is 35.5. The first-order valence-electron chi connectivity index (χ1n) is 8.38. The Bertz CT molecular complexity index is 847. The fourth-order valence-corrected chi connectivity index (χ4v) is 2.49. The van der Waals surface area contributed by atoms with E-state index < -0.39 is 0 Å². The summed E-state index contributed by atoms with van der Waals surface area (Å²) in [4.78, 5) is 4.36. The van der Waals surface area contributed by atoms with E-state index in [1.165, 1.54) is 12.6 Å². The summed E-state index contributed by atoms with van der Waals surface area (Å²) in [5.41, 5.74) is 3.00. The number of benzene rings is 1. The van der Waals surface area contributed by atoms with E-state index in [-0.39, 0.29) is 11.5 Å². The van der Waals surface area contributed by atoms with Crippen LogP contribution in [0.1, 0.15) is 26.3 Å². The first kappa shape index (κ1) is 21.8. The fourth-order valence-electron chi connectivity index (χ4n) is 2.21. The zero-order chi connectivity index (χ0) is 19.4. The Morgan fingerprint density at radius 2 is 1.88 bits per heavy atom. The molecule has 0 amide bonds. The van der Waals surface area contributed by atoms with E-state index in [1.807, 2.05) is 49.7 Å². The van der Waals surface area contributed by atoms with Crippen molar-refractivity contribution in [3.8, 4) is 0 Å². The summed E-state index contributed by atoms with van der Waals surface area (Å²) < 4.78 is 14.0. The van der Waals surface area contributed by atoms with E-state index in [4.69, 9.17) is 15.8 Å². The number of hydrogen-bond donors (Lipinski definition) is 1. The number of halogens is 1. The molecule has 0 saturated carbocycles. The average molecular weight is 394 g/mol. The van der Waals surface area contributed by atoms with E-state index >= 15 is 0 Å². The maximum Gasteiger partial charge on any atom is 0.199 e. The van der Waals surface area contributed by atoms with Crippen LogP contribution in [-0.4, -0.2) is 26.0 Å². The van der Waals surface area contributed by atoms with Crippen LogP contribution in [-0.2, 0) is 24.6 Å². The third-order valence-electron chi connectivity index (χ3n) is 3.29. The smallest absolute Gasteiger partial charge is 0.199 e. The van der Waals surface area contributed by atoms with Crippen molar-refractivity contribution in [1.82, 2.24) is 14.8 Å². The number of rotatable bonds is 4. The molecule has 0 aliphatic heterocycles. The molecule has 0 radical (unpaired) electrons. The Balaban J connectivity index is 0.000000500. The number of aromatic nitrogens is 3. The molecule has 6 nitrogen and oxygen atoms in total. The van der Waals surface area contributed by atoms with Gasteiger partial charge in [0.2, 0.25) is 0 Å². The molecule has 3 aromatic rings. The lowest BCUT2D eigenvalue weighted by molar-refractivity contribution is 0.677. The highest BCUT2D eigenvalue weighted by Crippen LogP contribution is 2.28. The molecule has 3 rings (SSSR count). The molecule has 2 aromatic heterocycles. The van der Waals surface area contributed by atoms with Gasteiger partial charge in [0.25, 0.3) is 0 Å². The third-order valence-corrected chi connectivity index (χ3v) is 3.70. The second kappa shape index (κ2) is 12.2. The number of hydrogen-bond acceptors (Lipinski definition) is 5. The van der Waals surface area contributed by atoms with Gasteiger partial charge >= 0.3 is 0 Å². The number of anilines is 1. The lowest BCUT2D eigenvalue weighted by Gasteiger charge is -2.07. The number of nitrogens with zero attached hydrogens (tertiary/aromatic N) is 4. The quantitative estimate of drug-likeness (QED) is 0.693. The highest BCUT2D eigenvalue weighted by Gasteiger charge is 2.12. The van der Waals surface area contributed by atoms with Gasteiger partial charge in [-0.2, -0.15) is 13.7 Å². The zero-order valence-corrected chi connectivity index (χ0v) is 17.0. The Kier molecular flexibility index (Phi) is 10.2. The first-order valence-corrected chi connectivity index (χ1v) is 9.45. The second-order valence-corrected chi connectivity index (χ2v) is 5.63. The molecule has 0 spiro atoms. The van der Waals surface area contributed by atoms with Gasteiger partial charge in [-0.25, -0.2) is 9.67 Å². The van der Waals surface area contributed by atoms with Crippen LogP contribution in [0.3, 0.4) is 0 Å². The van der Waals surface area contributed by atoms with E-state index in [0.29, 0.717) is 5.15 Å². The van der Waals surface area contributed by atoms with E-state index in [1.54, 1.807) is 6.20 Å². The number of nitrogens with one attached hydrogen (secondary N) is 1. The van der Waals surface area contributed by atoms with Crippen molar-refractivity contribution in [2.45, 2.75) is 33.9 Å². The zero-order valence-electron chi connectivity index (χ0n) is 15.4. The van der Waals surface area contributed by atoms with Crippen LogP contribution in [0.4, 0.5) is 5.69 Å². The minimum absolute atomic E-state index is 0.231. The minimum atomic E-state index is 0.231. The van der Waals surface area contributed by atoms with Gasteiger partial charge < -0.3 is 5.32 Å². The van der Waals surface area contributed by atoms with Gasteiger partial charge in [0, 0.05) is 26.3 Å². The van der Waals surface area contributed by atoms with Gasteiger partial charge in [0.15, 0.2) is 22.3 Å². The number of aryl methyl sites for hydroxylation is 1. The Morgan fingerprint density at radius 1 is 1.23 bits per heavy atom. The van der Waals surface area contributed by atoms with Crippen molar-refractivity contribution in [2.24, 2.45) is 4.36 Å². The van der Waals surface area contributed by atoms with Crippen molar-refractivity contribution in [2.75, 3.05) is 12.4 Å². The number of pyridine rings is 1. The Morgan fingerprint density at radius 3 is 2.46 bits per heavy atom. The highest BCUT2D eigenvalue weighted by molar-refractivity contribution is 7.54. The molecule has 2 heterocycles. The molecular formula is C18H24ClN5OS. The predicted molar refractivity (Wildman–Crippen MR) is 110 cm³/mol. The first-order chi connectivity index (χ1) is 12.7. The van der Waals surface area contributed by atoms with Crippen molar-refractivity contribution in [1.29, 1.82) is 0 Å². The lowest BCUT2D eigenvalue weighted by Crippen LogP contribution is -2.01. The fraction of sp³-hybridized carbons (Fsp3) is 0.333. The standard InChI is InChI=1S/C15H15ClN4.C2H6.CH3NOS/c1-2-20-15-13(14(16)19-20)12(8-9-17-15)18-10-11-6-4-3-5-7-11;1-2;1-2-4-3/h3-9H,2,10H2,1H3,(H,17,18);1-2H3;1H3. The van der Waals surface area contributed by atoms with Crippen LogP contribution in [0, 0.1) is 0 Å². The summed E-state index contributed by atoms with van der Waals surface area (Å²) in [5, 5.41) is 9.08. The molecule has 26 heavy (non-hydrogen) atoms. The van der Waals surface area contributed by atoms with E-state index in [2.05, 4.69) is 31.9 Å². The largest absolute Gasteiger partial charge is 0.380 e. The predicted octanol–water partition coefficient (Wildman–Crippen LogP) is 4.76. The molecular weight excluding hydrogens is 370 g/mol. The summed E-state index contributed by atoms with van der Waals surface area (Å²) in [5.74, 6) is 0. The third kappa shape index (κ3) is 5.93. The summed E-state index contributed by atoms with van der Waals surface area (Å²) in [7, 11) is 1.46. The topological polar surface area (TPSA) is 72.2 Å². The Labute approximate surface area is 162 Å². The lowest BCUT2D eigenvalue weighted by atomic mass is 10.2. The van der Waals surface area contributed by atoms with Crippen LogP contribution < -0.4 is 5.32 Å². The maximum absolute atomic E-state index is 9.05. The van der Waals surface area contributed by atoms with Gasteiger partial charge in [-0.3, -0.25) is 0 Å². The molecule has 140 valence electrons. The average Bonchev–Trinajstić information content (AvgIpc) is 3.05. The van der Waals surface area contributed by atoms with Gasteiger partial charge in [0.05, 0.1) is 11.1 Å². The molecule has 0 fully saturated rings.